The van der Waals surface area contributed by atoms with Gasteiger partial charge in [-0.2, -0.15) is 5.10 Å². The van der Waals surface area contributed by atoms with Crippen molar-refractivity contribution in [3.05, 3.63) is 36.9 Å². The minimum Gasteiger partial charge on any atom is -0.395 e. The number of hydrogen-bond acceptors (Lipinski definition) is 5. The van der Waals surface area contributed by atoms with E-state index in [1.807, 2.05) is 28.8 Å². The summed E-state index contributed by atoms with van der Waals surface area (Å²) in [7, 11) is 0. The van der Waals surface area contributed by atoms with E-state index >= 15 is 0 Å². The quantitative estimate of drug-likeness (QED) is 0.691. The molecule has 2 heterocycles. The standard InChI is InChI=1S/C13H16N6O/c20-8-7-19-12-4-2-1-3-11(12)17-13(19)15-5-6-18-10-14-9-16-18/h1-4,9-10,20H,5-8H2,(H,15,17). The molecule has 0 unspecified atom stereocenters. The summed E-state index contributed by atoms with van der Waals surface area (Å²) in [6.45, 7) is 2.00. The van der Waals surface area contributed by atoms with Crippen molar-refractivity contribution in [3.63, 3.8) is 0 Å². The van der Waals surface area contributed by atoms with E-state index in [0.717, 1.165) is 17.0 Å². The van der Waals surface area contributed by atoms with Crippen LogP contribution in [-0.2, 0) is 13.1 Å². The lowest BCUT2D eigenvalue weighted by Crippen LogP contribution is -2.15. The Bertz CT molecular complexity index is 675. The third-order valence-electron chi connectivity index (χ3n) is 3.07. The molecule has 0 saturated heterocycles. The van der Waals surface area contributed by atoms with E-state index in [4.69, 9.17) is 0 Å². The first-order valence-corrected chi connectivity index (χ1v) is 6.51. The maximum Gasteiger partial charge on any atom is 0.204 e. The summed E-state index contributed by atoms with van der Waals surface area (Å²) in [6.07, 6.45) is 3.19. The maximum atomic E-state index is 9.20. The molecule has 3 rings (SSSR count). The van der Waals surface area contributed by atoms with Gasteiger partial charge < -0.3 is 15.0 Å². The summed E-state index contributed by atoms with van der Waals surface area (Å²) in [5.74, 6) is 0.764. The summed E-state index contributed by atoms with van der Waals surface area (Å²) in [6, 6.07) is 7.89. The molecular weight excluding hydrogens is 256 g/mol. The molecule has 0 saturated carbocycles. The van der Waals surface area contributed by atoms with E-state index in [1.165, 1.54) is 6.33 Å². The molecule has 0 bridgehead atoms. The van der Waals surface area contributed by atoms with Crippen LogP contribution in [0.3, 0.4) is 0 Å². The fourth-order valence-electron chi connectivity index (χ4n) is 2.17. The third-order valence-corrected chi connectivity index (χ3v) is 3.07. The lowest BCUT2D eigenvalue weighted by molar-refractivity contribution is 0.278. The van der Waals surface area contributed by atoms with Crippen LogP contribution >= 0.6 is 0 Å². The molecule has 3 aromatic rings. The van der Waals surface area contributed by atoms with Gasteiger partial charge in [-0.15, -0.1) is 0 Å². The molecule has 0 aliphatic rings. The second kappa shape index (κ2) is 5.70. The molecule has 7 nitrogen and oxygen atoms in total. The molecule has 2 N–H and O–H groups in total. The van der Waals surface area contributed by atoms with Gasteiger partial charge in [-0.1, -0.05) is 12.1 Å². The summed E-state index contributed by atoms with van der Waals surface area (Å²) in [4.78, 5) is 8.45. The topological polar surface area (TPSA) is 80.8 Å². The highest BCUT2D eigenvalue weighted by molar-refractivity contribution is 5.78. The van der Waals surface area contributed by atoms with Gasteiger partial charge in [0.15, 0.2) is 0 Å². The number of aromatic nitrogens is 5. The minimum atomic E-state index is 0.0815. The van der Waals surface area contributed by atoms with Gasteiger partial charge in [-0.05, 0) is 12.1 Å². The number of hydrogen-bond donors (Lipinski definition) is 2. The molecule has 0 aliphatic heterocycles. The van der Waals surface area contributed by atoms with Crippen molar-refractivity contribution >= 4 is 17.0 Å². The third kappa shape index (κ3) is 2.48. The molecule has 2 aromatic heterocycles. The Morgan fingerprint density at radius 3 is 2.90 bits per heavy atom. The molecular formula is C13H16N6O. The summed E-state index contributed by atoms with van der Waals surface area (Å²) < 4.78 is 3.74. The molecule has 104 valence electrons. The van der Waals surface area contributed by atoms with Gasteiger partial charge in [0.2, 0.25) is 5.95 Å². The average molecular weight is 272 g/mol. The van der Waals surface area contributed by atoms with Crippen LogP contribution in [0.4, 0.5) is 5.95 Å². The molecule has 0 atom stereocenters. The predicted octanol–water partition coefficient (Wildman–Crippen LogP) is 0.732. The number of rotatable bonds is 6. The van der Waals surface area contributed by atoms with Crippen LogP contribution < -0.4 is 5.32 Å². The highest BCUT2D eigenvalue weighted by Gasteiger charge is 2.09. The van der Waals surface area contributed by atoms with Crippen LogP contribution in [0.25, 0.3) is 11.0 Å². The minimum absolute atomic E-state index is 0.0815. The SMILES string of the molecule is OCCn1c(NCCn2cncn2)nc2ccccc21. The van der Waals surface area contributed by atoms with E-state index in [2.05, 4.69) is 20.4 Å². The first kappa shape index (κ1) is 12.6. The second-order valence-corrected chi connectivity index (χ2v) is 4.38. The van der Waals surface area contributed by atoms with Crippen molar-refractivity contribution in [2.24, 2.45) is 0 Å². The monoisotopic (exact) mass is 272 g/mol. The molecule has 20 heavy (non-hydrogen) atoms. The van der Waals surface area contributed by atoms with Crippen molar-refractivity contribution in [2.75, 3.05) is 18.5 Å². The van der Waals surface area contributed by atoms with Crippen LogP contribution in [0.5, 0.6) is 0 Å². The van der Waals surface area contributed by atoms with Crippen molar-refractivity contribution in [1.82, 2.24) is 24.3 Å². The van der Waals surface area contributed by atoms with E-state index < -0.39 is 0 Å². The Morgan fingerprint density at radius 1 is 1.20 bits per heavy atom. The Labute approximate surface area is 115 Å². The van der Waals surface area contributed by atoms with Crippen molar-refractivity contribution in [2.45, 2.75) is 13.1 Å². The largest absolute Gasteiger partial charge is 0.395 e. The van der Waals surface area contributed by atoms with Gasteiger partial charge >= 0.3 is 0 Å². The molecule has 1 aromatic carbocycles. The Hall–Kier alpha value is -2.41. The van der Waals surface area contributed by atoms with Gasteiger partial charge in [0, 0.05) is 13.1 Å². The van der Waals surface area contributed by atoms with Crippen molar-refractivity contribution in [1.29, 1.82) is 0 Å². The van der Waals surface area contributed by atoms with Gasteiger partial charge in [0.1, 0.15) is 12.7 Å². The van der Waals surface area contributed by atoms with Crippen LogP contribution in [0.1, 0.15) is 0 Å². The lowest BCUT2D eigenvalue weighted by atomic mass is 10.3. The number of nitrogens with zero attached hydrogens (tertiary/aromatic N) is 5. The molecule has 0 aliphatic carbocycles. The van der Waals surface area contributed by atoms with E-state index in [-0.39, 0.29) is 6.61 Å². The Kier molecular flexibility index (Phi) is 3.60. The molecule has 0 amide bonds. The zero-order chi connectivity index (χ0) is 13.8. The molecule has 0 spiro atoms. The number of aliphatic hydroxyl groups excluding tert-OH is 1. The van der Waals surface area contributed by atoms with E-state index in [0.29, 0.717) is 19.6 Å². The first-order chi connectivity index (χ1) is 9.88. The van der Waals surface area contributed by atoms with Gasteiger partial charge in [0.25, 0.3) is 0 Å². The van der Waals surface area contributed by atoms with Crippen LogP contribution in [0.15, 0.2) is 36.9 Å². The zero-order valence-corrected chi connectivity index (χ0v) is 11.0. The maximum absolute atomic E-state index is 9.20. The van der Waals surface area contributed by atoms with Crippen molar-refractivity contribution < 1.29 is 5.11 Å². The van der Waals surface area contributed by atoms with Crippen LogP contribution in [0.2, 0.25) is 0 Å². The van der Waals surface area contributed by atoms with Gasteiger partial charge in [-0.3, -0.25) is 4.68 Å². The fraction of sp³-hybridized carbons (Fsp3) is 0.308. The van der Waals surface area contributed by atoms with Gasteiger partial charge in [-0.25, -0.2) is 9.97 Å². The summed E-state index contributed by atoms with van der Waals surface area (Å²) >= 11 is 0. The predicted molar refractivity (Wildman–Crippen MR) is 75.3 cm³/mol. The van der Waals surface area contributed by atoms with E-state index in [1.54, 1.807) is 11.0 Å². The molecule has 0 radical (unpaired) electrons. The lowest BCUT2D eigenvalue weighted by Gasteiger charge is -2.09. The first-order valence-electron chi connectivity index (χ1n) is 6.51. The number of imidazole rings is 1. The van der Waals surface area contributed by atoms with Crippen LogP contribution in [-0.4, -0.2) is 42.6 Å². The van der Waals surface area contributed by atoms with E-state index in [9.17, 15) is 5.11 Å². The highest BCUT2D eigenvalue weighted by Crippen LogP contribution is 2.19. The normalized spacial score (nSPS) is 11.1. The van der Waals surface area contributed by atoms with Crippen LogP contribution in [0, 0.1) is 0 Å². The zero-order valence-electron chi connectivity index (χ0n) is 11.0. The number of nitrogens with one attached hydrogen (secondary N) is 1. The Balaban J connectivity index is 1.77. The van der Waals surface area contributed by atoms with Crippen molar-refractivity contribution in [3.8, 4) is 0 Å². The molecule has 0 fully saturated rings. The second-order valence-electron chi connectivity index (χ2n) is 4.38. The summed E-state index contributed by atoms with van der Waals surface area (Å²) in [5.41, 5.74) is 1.94. The summed E-state index contributed by atoms with van der Waals surface area (Å²) in [5, 5.41) is 16.5. The number of fused-ring (bicyclic) bond motifs is 1. The number of aliphatic hydroxyl groups is 1. The highest BCUT2D eigenvalue weighted by atomic mass is 16.3. The number of benzene rings is 1. The number of anilines is 1. The molecule has 7 heteroatoms. The fourth-order valence-corrected chi connectivity index (χ4v) is 2.17. The number of para-hydroxylation sites is 2. The average Bonchev–Trinajstić information content (AvgIpc) is 3.08. The smallest absolute Gasteiger partial charge is 0.204 e. The Morgan fingerprint density at radius 2 is 2.10 bits per heavy atom. The van der Waals surface area contributed by atoms with Gasteiger partial charge in [0.05, 0.1) is 24.2 Å².